The summed E-state index contributed by atoms with van der Waals surface area (Å²) in [5, 5.41) is 4.22. The highest BCUT2D eigenvalue weighted by atomic mass is 15.3. The summed E-state index contributed by atoms with van der Waals surface area (Å²) in [5.74, 6) is 1.25. The average Bonchev–Trinajstić information content (AvgIpc) is 2.68. The quantitative estimate of drug-likeness (QED) is 0.774. The molecule has 0 amide bonds. The molecule has 0 aliphatic rings. The third-order valence-electron chi connectivity index (χ3n) is 1.71. The molecule has 2 aromatic rings. The molecule has 2 aromatic heterocycles. The van der Waals surface area contributed by atoms with E-state index in [0.717, 1.165) is 11.5 Å². The maximum absolute atomic E-state index is 5.55. The Kier molecular flexibility index (Phi) is 3.85. The summed E-state index contributed by atoms with van der Waals surface area (Å²) in [7, 11) is 0. The summed E-state index contributed by atoms with van der Waals surface area (Å²) < 4.78 is 1.70. The fourth-order valence-electron chi connectivity index (χ4n) is 1.11. The van der Waals surface area contributed by atoms with Gasteiger partial charge in [-0.2, -0.15) is 5.10 Å². The first kappa shape index (κ1) is 11.2. The lowest BCUT2D eigenvalue weighted by Crippen LogP contribution is -2.00. The van der Waals surface area contributed by atoms with E-state index < -0.39 is 0 Å². The minimum Gasteiger partial charge on any atom is -0.384 e. The zero-order chi connectivity index (χ0) is 11.3. The summed E-state index contributed by atoms with van der Waals surface area (Å²) in [6, 6.07) is 7.39. The molecule has 0 saturated heterocycles. The molecule has 2 N–H and O–H groups in total. The van der Waals surface area contributed by atoms with Crippen molar-refractivity contribution in [1.82, 2.24) is 14.8 Å². The van der Waals surface area contributed by atoms with E-state index in [0.29, 0.717) is 5.82 Å². The minimum atomic E-state index is 0.505. The number of aromatic nitrogens is 3. The first-order valence-corrected chi connectivity index (χ1v) is 5.01. The largest absolute Gasteiger partial charge is 0.384 e. The van der Waals surface area contributed by atoms with E-state index in [1.165, 1.54) is 0 Å². The van der Waals surface area contributed by atoms with Crippen molar-refractivity contribution in [2.75, 3.05) is 5.73 Å². The van der Waals surface area contributed by atoms with Crippen molar-refractivity contribution in [3.05, 3.63) is 36.2 Å². The second kappa shape index (κ2) is 5.14. The van der Waals surface area contributed by atoms with Crippen molar-refractivity contribution in [3.8, 4) is 5.82 Å². The lowest BCUT2D eigenvalue weighted by Gasteiger charge is -1.99. The molecule has 0 saturated carbocycles. The van der Waals surface area contributed by atoms with Crippen molar-refractivity contribution in [2.24, 2.45) is 0 Å². The number of hydrogen-bond donors (Lipinski definition) is 1. The molecular weight excluding hydrogens is 188 g/mol. The maximum Gasteiger partial charge on any atom is 0.155 e. The Morgan fingerprint density at radius 2 is 1.93 bits per heavy atom. The van der Waals surface area contributed by atoms with Crippen LogP contribution in [0.5, 0.6) is 0 Å². The van der Waals surface area contributed by atoms with Crippen LogP contribution in [0.3, 0.4) is 0 Å². The SMILES string of the molecule is CC.Cc1ccn(-c2cccc(N)n2)n1. The molecule has 0 bridgehead atoms. The summed E-state index contributed by atoms with van der Waals surface area (Å²) >= 11 is 0. The van der Waals surface area contributed by atoms with Crippen LogP contribution >= 0.6 is 0 Å². The number of hydrogen-bond acceptors (Lipinski definition) is 3. The van der Waals surface area contributed by atoms with Crippen molar-refractivity contribution in [2.45, 2.75) is 20.8 Å². The number of pyridine rings is 1. The molecular formula is C11H16N4. The number of anilines is 1. The van der Waals surface area contributed by atoms with Gasteiger partial charge < -0.3 is 5.73 Å². The van der Waals surface area contributed by atoms with Gasteiger partial charge in [-0.1, -0.05) is 19.9 Å². The van der Waals surface area contributed by atoms with Gasteiger partial charge >= 0.3 is 0 Å². The lowest BCUT2D eigenvalue weighted by molar-refractivity contribution is 0.834. The zero-order valence-corrected chi connectivity index (χ0v) is 9.31. The molecule has 15 heavy (non-hydrogen) atoms. The van der Waals surface area contributed by atoms with Gasteiger partial charge in [-0.15, -0.1) is 0 Å². The van der Waals surface area contributed by atoms with Crippen LogP contribution in [-0.2, 0) is 0 Å². The van der Waals surface area contributed by atoms with Crippen molar-refractivity contribution < 1.29 is 0 Å². The lowest BCUT2D eigenvalue weighted by atomic mass is 10.4. The molecule has 80 valence electrons. The monoisotopic (exact) mass is 204 g/mol. The highest BCUT2D eigenvalue weighted by Crippen LogP contribution is 2.06. The van der Waals surface area contributed by atoms with E-state index in [2.05, 4.69) is 10.1 Å². The molecule has 0 fully saturated rings. The third kappa shape index (κ3) is 2.80. The Bertz CT molecular complexity index is 420. The second-order valence-corrected chi connectivity index (χ2v) is 2.82. The maximum atomic E-state index is 5.55. The van der Waals surface area contributed by atoms with Crippen LogP contribution < -0.4 is 5.73 Å². The normalized spacial score (nSPS) is 9.27. The van der Waals surface area contributed by atoms with Gasteiger partial charge in [-0.05, 0) is 25.1 Å². The second-order valence-electron chi connectivity index (χ2n) is 2.82. The van der Waals surface area contributed by atoms with Gasteiger partial charge in [-0.25, -0.2) is 9.67 Å². The van der Waals surface area contributed by atoms with Gasteiger partial charge in [0.15, 0.2) is 5.82 Å². The standard InChI is InChI=1S/C9H10N4.C2H6/c1-7-5-6-13(12-7)9-4-2-3-8(10)11-9;1-2/h2-6H,1H3,(H2,10,11);1-2H3. The van der Waals surface area contributed by atoms with E-state index >= 15 is 0 Å². The molecule has 0 unspecified atom stereocenters. The van der Waals surface area contributed by atoms with Crippen LogP contribution in [0.1, 0.15) is 19.5 Å². The Hall–Kier alpha value is -1.84. The van der Waals surface area contributed by atoms with Crippen LogP contribution in [0.4, 0.5) is 5.82 Å². The number of aryl methyl sites for hydroxylation is 1. The highest BCUT2D eigenvalue weighted by molar-refractivity contribution is 5.34. The Balaban J connectivity index is 0.000000531. The molecule has 4 nitrogen and oxygen atoms in total. The van der Waals surface area contributed by atoms with Gasteiger partial charge in [-0.3, -0.25) is 0 Å². The summed E-state index contributed by atoms with van der Waals surface area (Å²) in [6.07, 6.45) is 1.86. The Labute approximate surface area is 89.8 Å². The smallest absolute Gasteiger partial charge is 0.155 e. The fourth-order valence-corrected chi connectivity index (χ4v) is 1.11. The van der Waals surface area contributed by atoms with Gasteiger partial charge in [0.05, 0.1) is 5.69 Å². The van der Waals surface area contributed by atoms with Gasteiger partial charge in [0, 0.05) is 6.20 Å². The molecule has 0 aromatic carbocycles. The first-order valence-electron chi connectivity index (χ1n) is 5.01. The van der Waals surface area contributed by atoms with E-state index in [1.54, 1.807) is 10.7 Å². The molecule has 0 radical (unpaired) electrons. The van der Waals surface area contributed by atoms with Crippen molar-refractivity contribution >= 4 is 5.82 Å². The fraction of sp³-hybridized carbons (Fsp3) is 0.273. The van der Waals surface area contributed by atoms with E-state index in [1.807, 2.05) is 45.2 Å². The Morgan fingerprint density at radius 1 is 1.20 bits per heavy atom. The van der Waals surface area contributed by atoms with E-state index in [4.69, 9.17) is 5.73 Å². The number of nitrogens with zero attached hydrogens (tertiary/aromatic N) is 3. The van der Waals surface area contributed by atoms with Crippen LogP contribution in [0.2, 0.25) is 0 Å². The third-order valence-corrected chi connectivity index (χ3v) is 1.71. The first-order chi connectivity index (χ1) is 7.25. The minimum absolute atomic E-state index is 0.505. The van der Waals surface area contributed by atoms with Crippen LogP contribution in [0.15, 0.2) is 30.5 Å². The van der Waals surface area contributed by atoms with Crippen LogP contribution in [0.25, 0.3) is 5.82 Å². The molecule has 0 atom stereocenters. The number of nitrogens with two attached hydrogens (primary N) is 1. The van der Waals surface area contributed by atoms with E-state index in [-0.39, 0.29) is 0 Å². The predicted octanol–water partition coefficient (Wildman–Crippen LogP) is 2.18. The highest BCUT2D eigenvalue weighted by Gasteiger charge is 1.98. The predicted molar refractivity (Wildman–Crippen MR) is 61.9 cm³/mol. The van der Waals surface area contributed by atoms with E-state index in [9.17, 15) is 0 Å². The molecule has 0 aliphatic carbocycles. The topological polar surface area (TPSA) is 56.7 Å². The summed E-state index contributed by atoms with van der Waals surface area (Å²) in [5.41, 5.74) is 6.51. The molecule has 2 rings (SSSR count). The number of nitrogen functional groups attached to an aromatic ring is 1. The van der Waals surface area contributed by atoms with Crippen molar-refractivity contribution in [1.29, 1.82) is 0 Å². The average molecular weight is 204 g/mol. The summed E-state index contributed by atoms with van der Waals surface area (Å²) in [4.78, 5) is 4.14. The van der Waals surface area contributed by atoms with Gasteiger partial charge in [0.25, 0.3) is 0 Å². The molecule has 2 heterocycles. The molecule has 0 spiro atoms. The van der Waals surface area contributed by atoms with Gasteiger partial charge in [0.2, 0.25) is 0 Å². The van der Waals surface area contributed by atoms with Crippen molar-refractivity contribution in [3.63, 3.8) is 0 Å². The summed E-state index contributed by atoms with van der Waals surface area (Å²) in [6.45, 7) is 5.93. The number of rotatable bonds is 1. The molecule has 0 aliphatic heterocycles. The van der Waals surface area contributed by atoms with Gasteiger partial charge in [0.1, 0.15) is 5.82 Å². The van der Waals surface area contributed by atoms with Crippen LogP contribution in [0, 0.1) is 6.92 Å². The zero-order valence-electron chi connectivity index (χ0n) is 9.31. The van der Waals surface area contributed by atoms with Crippen LogP contribution in [-0.4, -0.2) is 14.8 Å². The molecule has 4 heteroatoms. The Morgan fingerprint density at radius 3 is 2.47 bits per heavy atom.